The number of hydrogen-bond donors (Lipinski definition) is 2. The van der Waals surface area contributed by atoms with Crippen LogP contribution in [0.1, 0.15) is 29.8 Å². The molecule has 8 heteroatoms. The van der Waals surface area contributed by atoms with E-state index in [9.17, 15) is 14.9 Å². The number of benzene rings is 1. The number of hydrogen-bond acceptors (Lipinski definition) is 6. The fourth-order valence-electron chi connectivity index (χ4n) is 2.55. The third-order valence-electron chi connectivity index (χ3n) is 4.26. The molecule has 1 heterocycles. The maximum atomic E-state index is 12.2. The molecule has 1 fully saturated rings. The minimum atomic E-state index is -0.457. The summed E-state index contributed by atoms with van der Waals surface area (Å²) in [6, 6.07) is 6.19. The molecular formula is C16H17N3O4S. The molecule has 1 aromatic heterocycles. The van der Waals surface area contributed by atoms with E-state index in [0.717, 1.165) is 12.8 Å². The van der Waals surface area contributed by atoms with Crippen LogP contribution < -0.4 is 5.32 Å². The molecule has 0 bridgehead atoms. The fourth-order valence-corrected chi connectivity index (χ4v) is 3.35. The summed E-state index contributed by atoms with van der Waals surface area (Å²) in [5, 5.41) is 25.0. The molecule has 1 saturated carbocycles. The lowest BCUT2D eigenvalue weighted by atomic mass is 10.0. The molecule has 0 saturated heterocycles. The predicted molar refractivity (Wildman–Crippen MR) is 89.9 cm³/mol. The van der Waals surface area contributed by atoms with E-state index < -0.39 is 4.92 Å². The zero-order chi connectivity index (χ0) is 17.2. The van der Waals surface area contributed by atoms with Crippen LogP contribution in [0.2, 0.25) is 0 Å². The van der Waals surface area contributed by atoms with Gasteiger partial charge in [0.15, 0.2) is 0 Å². The topological polar surface area (TPSA) is 105 Å². The number of carbonyl (C=O) groups is 1. The van der Waals surface area contributed by atoms with Gasteiger partial charge in [0.2, 0.25) is 0 Å². The van der Waals surface area contributed by atoms with Gasteiger partial charge in [-0.1, -0.05) is 12.1 Å². The van der Waals surface area contributed by atoms with E-state index in [-0.39, 0.29) is 23.6 Å². The molecule has 0 spiro atoms. The molecule has 24 heavy (non-hydrogen) atoms. The molecule has 1 aliphatic carbocycles. The largest absolute Gasteiger partial charge is 0.396 e. The lowest BCUT2D eigenvalue weighted by molar-refractivity contribution is -0.384. The molecule has 0 radical (unpaired) electrons. The number of aliphatic hydroxyl groups excluding tert-OH is 1. The Bertz CT molecular complexity index is 770. The van der Waals surface area contributed by atoms with Gasteiger partial charge in [-0.15, -0.1) is 11.3 Å². The highest BCUT2D eigenvalue weighted by Crippen LogP contribution is 2.47. The molecule has 2 aromatic rings. The van der Waals surface area contributed by atoms with Crippen LogP contribution >= 0.6 is 11.3 Å². The summed E-state index contributed by atoms with van der Waals surface area (Å²) in [5.41, 5.74) is 0.963. The molecule has 7 nitrogen and oxygen atoms in total. The molecule has 0 unspecified atom stereocenters. The Morgan fingerprint density at radius 2 is 2.25 bits per heavy atom. The molecular weight excluding hydrogens is 330 g/mol. The van der Waals surface area contributed by atoms with Crippen LogP contribution in [0.25, 0.3) is 10.6 Å². The number of nitrogens with one attached hydrogen (secondary N) is 1. The second kappa shape index (κ2) is 6.66. The third kappa shape index (κ3) is 3.60. The predicted octanol–water partition coefficient (Wildman–Crippen LogP) is 2.61. The highest BCUT2D eigenvalue weighted by Gasteiger charge is 2.42. The minimum Gasteiger partial charge on any atom is -0.396 e. The second-order valence-electron chi connectivity index (χ2n) is 6.00. The lowest BCUT2D eigenvalue weighted by Crippen LogP contribution is -2.30. The van der Waals surface area contributed by atoms with Gasteiger partial charge in [-0.05, 0) is 24.7 Å². The first-order chi connectivity index (χ1) is 11.5. The van der Waals surface area contributed by atoms with Crippen LogP contribution in [0.3, 0.4) is 0 Å². The summed E-state index contributed by atoms with van der Waals surface area (Å²) in [4.78, 5) is 26.9. The Labute approximate surface area is 142 Å². The van der Waals surface area contributed by atoms with Gasteiger partial charge in [-0.25, -0.2) is 4.98 Å². The van der Waals surface area contributed by atoms with Gasteiger partial charge >= 0.3 is 0 Å². The van der Waals surface area contributed by atoms with Gasteiger partial charge in [0, 0.05) is 36.2 Å². The van der Waals surface area contributed by atoms with Crippen molar-refractivity contribution in [2.24, 2.45) is 5.41 Å². The second-order valence-corrected chi connectivity index (χ2v) is 6.86. The zero-order valence-corrected chi connectivity index (χ0v) is 13.7. The normalized spacial score (nSPS) is 15.0. The Balaban J connectivity index is 1.68. The van der Waals surface area contributed by atoms with Crippen LogP contribution in [-0.2, 0) is 0 Å². The van der Waals surface area contributed by atoms with Crippen molar-refractivity contribution in [2.45, 2.75) is 19.3 Å². The Morgan fingerprint density at radius 1 is 1.46 bits per heavy atom. The smallest absolute Gasteiger partial charge is 0.270 e. The number of nitrogens with zero attached hydrogens (tertiary/aromatic N) is 2. The molecule has 126 valence electrons. The lowest BCUT2D eigenvalue weighted by Gasteiger charge is -2.13. The number of aliphatic hydroxyl groups is 1. The van der Waals surface area contributed by atoms with Gasteiger partial charge < -0.3 is 10.4 Å². The van der Waals surface area contributed by atoms with Crippen LogP contribution in [-0.4, -0.2) is 34.1 Å². The monoisotopic (exact) mass is 347 g/mol. The molecule has 3 rings (SSSR count). The van der Waals surface area contributed by atoms with Crippen molar-refractivity contribution >= 4 is 22.9 Å². The average molecular weight is 347 g/mol. The fraction of sp³-hybridized carbons (Fsp3) is 0.375. The molecule has 2 N–H and O–H groups in total. The van der Waals surface area contributed by atoms with Crippen molar-refractivity contribution in [1.29, 1.82) is 0 Å². The Morgan fingerprint density at radius 3 is 2.92 bits per heavy atom. The third-order valence-corrected chi connectivity index (χ3v) is 5.16. The zero-order valence-electron chi connectivity index (χ0n) is 12.9. The van der Waals surface area contributed by atoms with Crippen LogP contribution in [0.15, 0.2) is 29.6 Å². The Kier molecular flexibility index (Phi) is 4.59. The molecule has 1 aliphatic rings. The number of aromatic nitrogens is 1. The highest BCUT2D eigenvalue weighted by molar-refractivity contribution is 7.13. The van der Waals surface area contributed by atoms with Crippen LogP contribution in [0.5, 0.6) is 0 Å². The van der Waals surface area contributed by atoms with E-state index in [1.807, 2.05) is 0 Å². The van der Waals surface area contributed by atoms with Crippen LogP contribution in [0, 0.1) is 15.5 Å². The van der Waals surface area contributed by atoms with Crippen LogP contribution in [0.4, 0.5) is 5.69 Å². The number of nitro groups is 1. The summed E-state index contributed by atoms with van der Waals surface area (Å²) in [5.74, 6) is -0.257. The van der Waals surface area contributed by atoms with Crippen molar-refractivity contribution in [3.63, 3.8) is 0 Å². The molecule has 1 amide bonds. The van der Waals surface area contributed by atoms with Crippen molar-refractivity contribution in [2.75, 3.05) is 13.2 Å². The number of thiazole rings is 1. The summed E-state index contributed by atoms with van der Waals surface area (Å²) < 4.78 is 0. The maximum absolute atomic E-state index is 12.2. The summed E-state index contributed by atoms with van der Waals surface area (Å²) in [6.45, 7) is 0.666. The number of amides is 1. The quantitative estimate of drug-likeness (QED) is 0.591. The van der Waals surface area contributed by atoms with Crippen molar-refractivity contribution in [3.05, 3.63) is 45.5 Å². The summed E-state index contributed by atoms with van der Waals surface area (Å²) in [7, 11) is 0. The van der Waals surface area contributed by atoms with Crippen molar-refractivity contribution in [1.82, 2.24) is 10.3 Å². The van der Waals surface area contributed by atoms with E-state index in [1.165, 1.54) is 23.5 Å². The molecule has 0 atom stereocenters. The van der Waals surface area contributed by atoms with Crippen molar-refractivity contribution < 1.29 is 14.8 Å². The van der Waals surface area contributed by atoms with E-state index in [4.69, 9.17) is 5.11 Å². The first kappa shape index (κ1) is 16.5. The van der Waals surface area contributed by atoms with E-state index >= 15 is 0 Å². The van der Waals surface area contributed by atoms with Gasteiger partial charge in [0.05, 0.1) is 4.92 Å². The van der Waals surface area contributed by atoms with Crippen molar-refractivity contribution in [3.8, 4) is 10.6 Å². The first-order valence-corrected chi connectivity index (χ1v) is 8.50. The van der Waals surface area contributed by atoms with E-state index in [0.29, 0.717) is 29.2 Å². The molecule has 0 aliphatic heterocycles. The maximum Gasteiger partial charge on any atom is 0.270 e. The number of carbonyl (C=O) groups excluding carboxylic acids is 1. The average Bonchev–Trinajstić information content (AvgIpc) is 3.16. The number of non-ortho nitro benzene ring substituents is 1. The minimum absolute atomic E-state index is 0.00613. The van der Waals surface area contributed by atoms with Gasteiger partial charge in [0.25, 0.3) is 11.6 Å². The molecule has 1 aromatic carbocycles. The van der Waals surface area contributed by atoms with Gasteiger partial charge in [0.1, 0.15) is 10.7 Å². The number of rotatable bonds is 7. The van der Waals surface area contributed by atoms with E-state index in [2.05, 4.69) is 10.3 Å². The van der Waals surface area contributed by atoms with Gasteiger partial charge in [-0.3, -0.25) is 14.9 Å². The van der Waals surface area contributed by atoms with Gasteiger partial charge in [-0.2, -0.15) is 0 Å². The summed E-state index contributed by atoms with van der Waals surface area (Å²) in [6.07, 6.45) is 2.73. The Hall–Kier alpha value is -2.32. The summed E-state index contributed by atoms with van der Waals surface area (Å²) >= 11 is 1.28. The SMILES string of the molecule is O=C(NCC1(CCO)CC1)c1csc(-c2cccc([N+](=O)[O-])c2)n1. The first-order valence-electron chi connectivity index (χ1n) is 7.62. The number of nitro benzene ring substituents is 1. The van der Waals surface area contributed by atoms with E-state index in [1.54, 1.807) is 17.5 Å². The standard InChI is InChI=1S/C16H17N3O4S/c20-7-6-16(4-5-16)10-17-14(21)13-9-24-15(18-13)11-2-1-3-12(8-11)19(22)23/h1-3,8-9,20H,4-7,10H2,(H,17,21). The highest BCUT2D eigenvalue weighted by atomic mass is 32.1.